The van der Waals surface area contributed by atoms with Gasteiger partial charge in [-0.3, -0.25) is 0 Å². The molecule has 0 saturated heterocycles. The molecule has 4 nitrogen and oxygen atoms in total. The van der Waals surface area contributed by atoms with Crippen molar-refractivity contribution in [1.29, 1.82) is 0 Å². The average molecular weight is 758 g/mol. The van der Waals surface area contributed by atoms with Crippen LogP contribution in [0, 0.1) is 0 Å². The second kappa shape index (κ2) is 13.1. The van der Waals surface area contributed by atoms with Crippen LogP contribution in [-0.4, -0.2) is 15.0 Å². The van der Waals surface area contributed by atoms with Gasteiger partial charge in [0.1, 0.15) is 11.2 Å². The highest BCUT2D eigenvalue weighted by atomic mass is 32.1. The van der Waals surface area contributed by atoms with Gasteiger partial charge in [-0.15, -0.1) is 11.3 Å². The summed E-state index contributed by atoms with van der Waals surface area (Å²) in [5, 5.41) is 9.12. The predicted octanol–water partition coefficient (Wildman–Crippen LogP) is 14.8. The Labute approximate surface area is 337 Å². The van der Waals surface area contributed by atoms with Gasteiger partial charge >= 0.3 is 0 Å². The van der Waals surface area contributed by atoms with E-state index in [1.807, 2.05) is 29.5 Å². The minimum Gasteiger partial charge on any atom is -0.455 e. The van der Waals surface area contributed by atoms with Gasteiger partial charge in [-0.05, 0) is 80.7 Å². The summed E-state index contributed by atoms with van der Waals surface area (Å²) in [6.07, 6.45) is 0. The van der Waals surface area contributed by atoms with Crippen molar-refractivity contribution < 1.29 is 4.42 Å². The Hall–Kier alpha value is -7.47. The third kappa shape index (κ3) is 5.40. The van der Waals surface area contributed by atoms with E-state index in [2.05, 4.69) is 170 Å². The van der Waals surface area contributed by atoms with E-state index in [9.17, 15) is 0 Å². The lowest BCUT2D eigenvalue weighted by Gasteiger charge is -2.11. The first-order valence-corrected chi connectivity index (χ1v) is 20.2. The molecule has 0 saturated carbocycles. The van der Waals surface area contributed by atoms with Crippen LogP contribution in [0.1, 0.15) is 0 Å². The first kappa shape index (κ1) is 32.7. The maximum atomic E-state index is 6.78. The molecule has 270 valence electrons. The normalized spacial score (nSPS) is 11.8. The van der Waals surface area contributed by atoms with E-state index in [4.69, 9.17) is 19.4 Å². The second-order valence-corrected chi connectivity index (χ2v) is 15.9. The zero-order valence-corrected chi connectivity index (χ0v) is 31.9. The number of para-hydroxylation sites is 1. The Bertz CT molecular complexity index is 3590. The van der Waals surface area contributed by atoms with E-state index in [0.29, 0.717) is 17.5 Å². The molecule has 12 aromatic rings. The summed E-state index contributed by atoms with van der Waals surface area (Å²) in [5.74, 6) is 1.83. The van der Waals surface area contributed by atoms with Crippen LogP contribution in [0.5, 0.6) is 0 Å². The van der Waals surface area contributed by atoms with Crippen molar-refractivity contribution in [3.8, 4) is 56.4 Å². The molecule has 0 N–H and O–H groups in total. The molecule has 58 heavy (non-hydrogen) atoms. The van der Waals surface area contributed by atoms with Crippen LogP contribution in [0.25, 0.3) is 120 Å². The Morgan fingerprint density at radius 3 is 1.76 bits per heavy atom. The lowest BCUT2D eigenvalue weighted by molar-refractivity contribution is 0.670. The van der Waals surface area contributed by atoms with E-state index >= 15 is 0 Å². The van der Waals surface area contributed by atoms with E-state index in [0.717, 1.165) is 65.9 Å². The number of hydrogen-bond donors (Lipinski definition) is 0. The molecule has 0 amide bonds. The Morgan fingerprint density at radius 1 is 0.345 bits per heavy atom. The van der Waals surface area contributed by atoms with Crippen molar-refractivity contribution in [3.63, 3.8) is 0 Å². The van der Waals surface area contributed by atoms with Crippen LogP contribution in [-0.2, 0) is 0 Å². The average Bonchev–Trinajstić information content (AvgIpc) is 3.87. The van der Waals surface area contributed by atoms with Crippen LogP contribution in [0.15, 0.2) is 192 Å². The number of nitrogens with zero attached hydrogens (tertiary/aromatic N) is 3. The van der Waals surface area contributed by atoms with Gasteiger partial charge in [-0.25, -0.2) is 15.0 Å². The summed E-state index contributed by atoms with van der Waals surface area (Å²) < 4.78 is 9.35. The summed E-state index contributed by atoms with van der Waals surface area (Å²) in [7, 11) is 0. The fourth-order valence-electron chi connectivity index (χ4n) is 8.43. The third-order valence-corrected chi connectivity index (χ3v) is 12.5. The molecule has 3 heterocycles. The second-order valence-electron chi connectivity index (χ2n) is 14.8. The van der Waals surface area contributed by atoms with Crippen molar-refractivity contribution in [2.75, 3.05) is 0 Å². The van der Waals surface area contributed by atoms with Crippen molar-refractivity contribution in [1.82, 2.24) is 15.0 Å². The van der Waals surface area contributed by atoms with Crippen molar-refractivity contribution in [2.45, 2.75) is 0 Å². The zero-order chi connectivity index (χ0) is 38.2. The van der Waals surface area contributed by atoms with E-state index in [1.165, 1.54) is 36.7 Å². The maximum Gasteiger partial charge on any atom is 0.164 e. The third-order valence-electron chi connectivity index (χ3n) is 11.3. The topological polar surface area (TPSA) is 51.8 Å². The van der Waals surface area contributed by atoms with E-state index in [-0.39, 0.29) is 0 Å². The molecule has 0 radical (unpaired) electrons. The van der Waals surface area contributed by atoms with Crippen LogP contribution >= 0.6 is 11.3 Å². The Balaban J connectivity index is 1.04. The number of rotatable bonds is 5. The summed E-state index contributed by atoms with van der Waals surface area (Å²) in [4.78, 5) is 15.6. The monoisotopic (exact) mass is 757 g/mol. The van der Waals surface area contributed by atoms with Gasteiger partial charge in [0, 0.05) is 53.2 Å². The Morgan fingerprint density at radius 2 is 0.931 bits per heavy atom. The molecular formula is C53H31N3OS. The van der Waals surface area contributed by atoms with Gasteiger partial charge in [0.2, 0.25) is 0 Å². The molecule has 0 bridgehead atoms. The summed E-state index contributed by atoms with van der Waals surface area (Å²) in [5.41, 5.74) is 8.94. The predicted molar refractivity (Wildman–Crippen MR) is 242 cm³/mol. The molecule has 0 aliphatic rings. The smallest absolute Gasteiger partial charge is 0.164 e. The largest absolute Gasteiger partial charge is 0.455 e. The number of hydrogen-bond acceptors (Lipinski definition) is 5. The van der Waals surface area contributed by atoms with Gasteiger partial charge in [0.15, 0.2) is 17.5 Å². The summed E-state index contributed by atoms with van der Waals surface area (Å²) in [6.45, 7) is 0. The van der Waals surface area contributed by atoms with Gasteiger partial charge in [0.25, 0.3) is 0 Å². The molecular weight excluding hydrogens is 727 g/mol. The highest BCUT2D eigenvalue weighted by Crippen LogP contribution is 2.42. The molecule has 5 heteroatoms. The van der Waals surface area contributed by atoms with Crippen molar-refractivity contribution >= 4 is 75.0 Å². The van der Waals surface area contributed by atoms with Crippen molar-refractivity contribution in [3.05, 3.63) is 188 Å². The van der Waals surface area contributed by atoms with Gasteiger partial charge < -0.3 is 4.42 Å². The van der Waals surface area contributed by atoms with E-state index < -0.39 is 0 Å². The Kier molecular flexibility index (Phi) is 7.37. The molecule has 0 atom stereocenters. The molecule has 9 aromatic carbocycles. The molecule has 0 fully saturated rings. The molecule has 3 aromatic heterocycles. The minimum absolute atomic E-state index is 0.595. The standard InChI is InChI=1S/C53H31N3OS/c1-2-10-32(11-3-1)35-21-22-37-30-40(25-23-36(37)28-35)52-54-51(39-24-20-33-12-4-5-13-34(33)29-39)55-53(56-52)44-17-9-18-46-49(44)43-16-8-15-41(50(43)57-46)38-26-27-48-45(31-38)42-14-6-7-19-47(42)58-48/h1-31H. The molecule has 0 aliphatic heterocycles. The zero-order valence-electron chi connectivity index (χ0n) is 31.1. The fraction of sp³-hybridized carbons (Fsp3) is 0. The maximum absolute atomic E-state index is 6.78. The molecule has 0 spiro atoms. The summed E-state index contributed by atoms with van der Waals surface area (Å²) >= 11 is 1.83. The van der Waals surface area contributed by atoms with Crippen LogP contribution in [0.2, 0.25) is 0 Å². The highest BCUT2D eigenvalue weighted by molar-refractivity contribution is 7.25. The summed E-state index contributed by atoms with van der Waals surface area (Å²) in [6, 6.07) is 66.3. The number of benzene rings is 9. The lowest BCUT2D eigenvalue weighted by atomic mass is 9.99. The first-order chi connectivity index (χ1) is 28.7. The highest BCUT2D eigenvalue weighted by Gasteiger charge is 2.20. The molecule has 12 rings (SSSR count). The SMILES string of the molecule is c1ccc(-c2ccc3cc(-c4nc(-c5ccc6ccccc6c5)nc(-c5cccc6oc7c(-c8ccc9sc%10ccccc%10c9c8)cccc7c56)n4)ccc3c2)cc1. The van der Waals surface area contributed by atoms with Crippen LogP contribution in [0.3, 0.4) is 0 Å². The molecule has 0 unspecified atom stereocenters. The van der Waals surface area contributed by atoms with Gasteiger partial charge in [-0.1, -0.05) is 146 Å². The number of thiophene rings is 1. The number of furan rings is 1. The minimum atomic E-state index is 0.595. The fourth-order valence-corrected chi connectivity index (χ4v) is 9.52. The van der Waals surface area contributed by atoms with Crippen LogP contribution in [0.4, 0.5) is 0 Å². The quantitative estimate of drug-likeness (QED) is 0.175. The number of aromatic nitrogens is 3. The first-order valence-electron chi connectivity index (χ1n) is 19.4. The van der Waals surface area contributed by atoms with Gasteiger partial charge in [0.05, 0.1) is 0 Å². The van der Waals surface area contributed by atoms with E-state index in [1.54, 1.807) is 0 Å². The van der Waals surface area contributed by atoms with Crippen LogP contribution < -0.4 is 0 Å². The lowest BCUT2D eigenvalue weighted by Crippen LogP contribution is -2.00. The molecule has 0 aliphatic carbocycles. The number of fused-ring (bicyclic) bond motifs is 8. The van der Waals surface area contributed by atoms with Crippen molar-refractivity contribution in [2.24, 2.45) is 0 Å². The van der Waals surface area contributed by atoms with Gasteiger partial charge in [-0.2, -0.15) is 0 Å².